The molecule has 29 heavy (non-hydrogen) atoms. The Morgan fingerprint density at radius 3 is 2.62 bits per heavy atom. The Hall–Kier alpha value is -3.69. The number of aryl methyl sites for hydroxylation is 2. The Labute approximate surface area is 169 Å². The van der Waals surface area contributed by atoms with Crippen LogP contribution >= 0.6 is 11.3 Å². The van der Waals surface area contributed by atoms with Gasteiger partial charge in [-0.3, -0.25) is 4.79 Å². The maximum atomic E-state index is 13.0. The Kier molecular flexibility index (Phi) is 3.86. The summed E-state index contributed by atoms with van der Waals surface area (Å²) in [6.45, 7) is 4.08. The molecule has 6 heteroatoms. The molecule has 0 unspecified atom stereocenters. The third kappa shape index (κ3) is 2.84. The van der Waals surface area contributed by atoms with Gasteiger partial charge in [0, 0.05) is 11.6 Å². The fraction of sp³-hybridized carbons (Fsp3) is 0.0870. The predicted octanol–water partition coefficient (Wildman–Crippen LogP) is 4.21. The SMILES string of the molecule is Cc1cc2nc3s/c(=C\c4ccc(-c5ccc(C#N)cc5)o4)c(=O)n3c2cc1C. The summed E-state index contributed by atoms with van der Waals surface area (Å²) in [5.41, 5.74) is 5.35. The number of hydrogen-bond donors (Lipinski definition) is 0. The molecule has 0 spiro atoms. The summed E-state index contributed by atoms with van der Waals surface area (Å²) in [5, 5.41) is 8.92. The number of aromatic nitrogens is 2. The van der Waals surface area contributed by atoms with E-state index in [0.717, 1.165) is 27.7 Å². The van der Waals surface area contributed by atoms with Gasteiger partial charge in [-0.05, 0) is 73.5 Å². The van der Waals surface area contributed by atoms with Gasteiger partial charge in [0.2, 0.25) is 0 Å². The van der Waals surface area contributed by atoms with Crippen molar-refractivity contribution < 1.29 is 4.42 Å². The van der Waals surface area contributed by atoms with Crippen LogP contribution < -0.4 is 10.1 Å². The summed E-state index contributed by atoms with van der Waals surface area (Å²) in [6, 6.07) is 17.0. The number of nitriles is 1. The molecule has 0 saturated carbocycles. The van der Waals surface area contributed by atoms with Crippen LogP contribution in [0.15, 0.2) is 57.7 Å². The van der Waals surface area contributed by atoms with E-state index in [2.05, 4.69) is 11.1 Å². The number of fused-ring (bicyclic) bond motifs is 3. The van der Waals surface area contributed by atoms with Gasteiger partial charge in [-0.2, -0.15) is 5.26 Å². The van der Waals surface area contributed by atoms with Crippen LogP contribution in [-0.4, -0.2) is 9.38 Å². The number of hydrogen-bond acceptors (Lipinski definition) is 5. The molecule has 0 atom stereocenters. The lowest BCUT2D eigenvalue weighted by molar-refractivity contribution is 0.571. The molecule has 0 fully saturated rings. The third-order valence-electron chi connectivity index (χ3n) is 5.05. The Morgan fingerprint density at radius 2 is 1.86 bits per heavy atom. The highest BCUT2D eigenvalue weighted by Gasteiger charge is 2.13. The van der Waals surface area contributed by atoms with E-state index in [1.807, 2.05) is 50.2 Å². The quantitative estimate of drug-likeness (QED) is 0.447. The molecule has 0 aliphatic rings. The van der Waals surface area contributed by atoms with Gasteiger partial charge in [0.15, 0.2) is 4.96 Å². The van der Waals surface area contributed by atoms with Crippen molar-refractivity contribution >= 4 is 33.4 Å². The lowest BCUT2D eigenvalue weighted by atomic mass is 10.1. The van der Waals surface area contributed by atoms with Gasteiger partial charge in [-0.25, -0.2) is 9.38 Å². The van der Waals surface area contributed by atoms with Crippen LogP contribution in [0.1, 0.15) is 22.5 Å². The number of thiazole rings is 1. The molecule has 3 heterocycles. The average molecular weight is 397 g/mol. The van der Waals surface area contributed by atoms with Gasteiger partial charge >= 0.3 is 0 Å². The highest BCUT2D eigenvalue weighted by Crippen LogP contribution is 2.23. The summed E-state index contributed by atoms with van der Waals surface area (Å²) < 4.78 is 8.14. The van der Waals surface area contributed by atoms with Crippen molar-refractivity contribution in [1.29, 1.82) is 5.26 Å². The zero-order valence-electron chi connectivity index (χ0n) is 15.8. The van der Waals surface area contributed by atoms with Crippen LogP contribution in [0.5, 0.6) is 0 Å². The lowest BCUT2D eigenvalue weighted by Crippen LogP contribution is -2.22. The van der Waals surface area contributed by atoms with Crippen LogP contribution in [0.3, 0.4) is 0 Å². The molecule has 0 aliphatic heterocycles. The molecule has 0 aliphatic carbocycles. The van der Waals surface area contributed by atoms with Gasteiger partial charge in [0.1, 0.15) is 16.1 Å². The molecule has 5 nitrogen and oxygen atoms in total. The molecule has 140 valence electrons. The first-order valence-electron chi connectivity index (χ1n) is 9.08. The first-order chi connectivity index (χ1) is 14.0. The van der Waals surface area contributed by atoms with Crippen LogP contribution in [0.4, 0.5) is 0 Å². The molecular weight excluding hydrogens is 382 g/mol. The van der Waals surface area contributed by atoms with Crippen molar-refractivity contribution in [2.24, 2.45) is 0 Å². The fourth-order valence-electron chi connectivity index (χ4n) is 3.34. The largest absolute Gasteiger partial charge is 0.457 e. The van der Waals surface area contributed by atoms with Gasteiger partial charge in [0.25, 0.3) is 5.56 Å². The summed E-state index contributed by atoms with van der Waals surface area (Å²) in [4.78, 5) is 18.3. The second-order valence-corrected chi connectivity index (χ2v) is 7.97. The fourth-order valence-corrected chi connectivity index (χ4v) is 4.31. The number of furan rings is 1. The van der Waals surface area contributed by atoms with Gasteiger partial charge < -0.3 is 4.42 Å². The van der Waals surface area contributed by atoms with E-state index in [1.54, 1.807) is 22.6 Å². The molecule has 0 amide bonds. The van der Waals surface area contributed by atoms with Crippen molar-refractivity contribution in [3.05, 3.63) is 85.9 Å². The van der Waals surface area contributed by atoms with Crippen molar-refractivity contribution in [3.8, 4) is 17.4 Å². The van der Waals surface area contributed by atoms with Crippen molar-refractivity contribution in [3.63, 3.8) is 0 Å². The number of imidazole rings is 1. The van der Waals surface area contributed by atoms with Crippen LogP contribution in [0.25, 0.3) is 33.4 Å². The minimum atomic E-state index is -0.0907. The Balaban J connectivity index is 1.60. The van der Waals surface area contributed by atoms with E-state index < -0.39 is 0 Å². The van der Waals surface area contributed by atoms with Crippen LogP contribution in [-0.2, 0) is 0 Å². The normalized spacial score (nSPS) is 12.1. The summed E-state index contributed by atoms with van der Waals surface area (Å²) in [7, 11) is 0. The zero-order chi connectivity index (χ0) is 20.1. The highest BCUT2D eigenvalue weighted by molar-refractivity contribution is 7.15. The Bertz CT molecular complexity index is 1550. The van der Waals surface area contributed by atoms with Crippen LogP contribution in [0.2, 0.25) is 0 Å². The first-order valence-corrected chi connectivity index (χ1v) is 9.89. The van der Waals surface area contributed by atoms with Gasteiger partial charge in [-0.15, -0.1) is 0 Å². The Morgan fingerprint density at radius 1 is 1.10 bits per heavy atom. The predicted molar refractivity (Wildman–Crippen MR) is 114 cm³/mol. The smallest absolute Gasteiger partial charge is 0.275 e. The second-order valence-electron chi connectivity index (χ2n) is 6.96. The van der Waals surface area contributed by atoms with Crippen molar-refractivity contribution in [2.75, 3.05) is 0 Å². The van der Waals surface area contributed by atoms with E-state index in [1.165, 1.54) is 11.3 Å². The number of rotatable bonds is 2. The van der Waals surface area contributed by atoms with E-state index in [4.69, 9.17) is 9.68 Å². The molecule has 5 rings (SSSR count). The molecule has 0 saturated heterocycles. The molecule has 3 aromatic heterocycles. The molecule has 2 aromatic carbocycles. The molecule has 5 aromatic rings. The second kappa shape index (κ2) is 6.43. The minimum Gasteiger partial charge on any atom is -0.457 e. The van der Waals surface area contributed by atoms with E-state index in [-0.39, 0.29) is 5.56 Å². The van der Waals surface area contributed by atoms with Crippen LogP contribution in [0, 0.1) is 25.2 Å². The standard InChI is InChI=1S/C23H15N3O2S/c1-13-9-18-19(10-14(13)2)26-22(27)21(29-23(26)25-18)11-17-7-8-20(28-17)16-5-3-15(12-24)4-6-16/h3-11H,1-2H3/b21-11-. The average Bonchev–Trinajstić information content (AvgIpc) is 3.39. The minimum absolute atomic E-state index is 0.0907. The molecular formula is C23H15N3O2S. The molecule has 0 radical (unpaired) electrons. The highest BCUT2D eigenvalue weighted by atomic mass is 32.1. The molecule has 0 N–H and O–H groups in total. The summed E-state index contributed by atoms with van der Waals surface area (Å²) in [5.74, 6) is 1.29. The van der Waals surface area contributed by atoms with Crippen molar-refractivity contribution in [2.45, 2.75) is 13.8 Å². The topological polar surface area (TPSA) is 71.3 Å². The van der Waals surface area contributed by atoms with Crippen molar-refractivity contribution in [1.82, 2.24) is 9.38 Å². The zero-order valence-corrected chi connectivity index (χ0v) is 16.6. The van der Waals surface area contributed by atoms with E-state index >= 15 is 0 Å². The van der Waals surface area contributed by atoms with Gasteiger partial charge in [0.05, 0.1) is 22.7 Å². The third-order valence-corrected chi connectivity index (χ3v) is 6.02. The summed E-state index contributed by atoms with van der Waals surface area (Å²) in [6.07, 6.45) is 1.75. The maximum Gasteiger partial charge on any atom is 0.275 e. The monoisotopic (exact) mass is 397 g/mol. The van der Waals surface area contributed by atoms with Gasteiger partial charge in [-0.1, -0.05) is 11.3 Å². The summed E-state index contributed by atoms with van der Waals surface area (Å²) >= 11 is 1.35. The number of benzene rings is 2. The lowest BCUT2D eigenvalue weighted by Gasteiger charge is -1.98. The van der Waals surface area contributed by atoms with E-state index in [9.17, 15) is 4.79 Å². The first kappa shape index (κ1) is 17.4. The van der Waals surface area contributed by atoms with E-state index in [0.29, 0.717) is 26.6 Å². The molecule has 0 bridgehead atoms. The number of nitrogens with zero attached hydrogens (tertiary/aromatic N) is 3. The maximum absolute atomic E-state index is 13.0.